The van der Waals surface area contributed by atoms with Crippen molar-refractivity contribution in [3.05, 3.63) is 34.4 Å². The molecule has 0 aromatic heterocycles. The van der Waals surface area contributed by atoms with Gasteiger partial charge in [0.25, 0.3) is 5.69 Å². The number of likely N-dealkylation sites (tertiary alicyclic amines) is 1. The summed E-state index contributed by atoms with van der Waals surface area (Å²) in [5.74, 6) is 0.207. The predicted octanol–water partition coefficient (Wildman–Crippen LogP) is 1.71. The second-order valence-corrected chi connectivity index (χ2v) is 8.01. The van der Waals surface area contributed by atoms with E-state index in [2.05, 4.69) is 29.0 Å². The first kappa shape index (κ1) is 20.5. The SMILES string of the molecule is CC(C)NC1CCN(CC(=O)N2CCN(c3ccc([N+](=O)[O-])cc3)CC2)CC1. The van der Waals surface area contributed by atoms with Crippen LogP contribution in [0, 0.1) is 10.1 Å². The van der Waals surface area contributed by atoms with Crippen LogP contribution in [0.3, 0.4) is 0 Å². The Morgan fingerprint density at radius 3 is 2.25 bits per heavy atom. The molecular formula is C20H31N5O3. The van der Waals surface area contributed by atoms with Gasteiger partial charge >= 0.3 is 0 Å². The maximum Gasteiger partial charge on any atom is 0.269 e. The molecule has 0 spiro atoms. The topological polar surface area (TPSA) is 82.0 Å². The molecule has 2 aliphatic heterocycles. The van der Waals surface area contributed by atoms with Crippen molar-refractivity contribution in [1.29, 1.82) is 0 Å². The summed E-state index contributed by atoms with van der Waals surface area (Å²) >= 11 is 0. The maximum absolute atomic E-state index is 12.7. The van der Waals surface area contributed by atoms with E-state index in [0.29, 0.717) is 31.7 Å². The van der Waals surface area contributed by atoms with E-state index in [-0.39, 0.29) is 16.5 Å². The number of amides is 1. The molecular weight excluding hydrogens is 358 g/mol. The molecule has 154 valence electrons. The Morgan fingerprint density at radius 2 is 1.71 bits per heavy atom. The third kappa shape index (κ3) is 5.42. The van der Waals surface area contributed by atoms with Crippen LogP contribution in [0.25, 0.3) is 0 Å². The van der Waals surface area contributed by atoms with Crippen molar-refractivity contribution in [3.8, 4) is 0 Å². The zero-order valence-corrected chi connectivity index (χ0v) is 16.8. The Kier molecular flexibility index (Phi) is 6.85. The first-order valence-corrected chi connectivity index (χ1v) is 10.2. The number of non-ortho nitro benzene ring substituents is 1. The third-order valence-electron chi connectivity index (χ3n) is 5.57. The maximum atomic E-state index is 12.7. The smallest absolute Gasteiger partial charge is 0.269 e. The van der Waals surface area contributed by atoms with Gasteiger partial charge < -0.3 is 15.1 Å². The lowest BCUT2D eigenvalue weighted by Crippen LogP contribution is -2.52. The van der Waals surface area contributed by atoms with Crippen molar-refractivity contribution in [2.24, 2.45) is 0 Å². The minimum absolute atomic E-state index is 0.102. The average Bonchev–Trinajstić information content (AvgIpc) is 2.69. The highest BCUT2D eigenvalue weighted by molar-refractivity contribution is 5.78. The summed E-state index contributed by atoms with van der Waals surface area (Å²) in [5.41, 5.74) is 1.07. The molecule has 3 rings (SSSR count). The van der Waals surface area contributed by atoms with E-state index in [1.54, 1.807) is 12.1 Å². The van der Waals surface area contributed by atoms with Gasteiger partial charge in [0.05, 0.1) is 11.5 Å². The van der Waals surface area contributed by atoms with Crippen LogP contribution in [0.5, 0.6) is 0 Å². The molecule has 1 aromatic carbocycles. The zero-order valence-electron chi connectivity index (χ0n) is 16.8. The molecule has 1 amide bonds. The number of nitrogens with one attached hydrogen (secondary N) is 1. The van der Waals surface area contributed by atoms with E-state index in [0.717, 1.165) is 44.7 Å². The highest BCUT2D eigenvalue weighted by Crippen LogP contribution is 2.21. The van der Waals surface area contributed by atoms with Crippen molar-refractivity contribution >= 4 is 17.3 Å². The summed E-state index contributed by atoms with van der Waals surface area (Å²) in [5, 5.41) is 14.4. The molecule has 1 N–H and O–H groups in total. The predicted molar refractivity (Wildman–Crippen MR) is 110 cm³/mol. The van der Waals surface area contributed by atoms with Crippen LogP contribution in [0.1, 0.15) is 26.7 Å². The average molecular weight is 390 g/mol. The van der Waals surface area contributed by atoms with Crippen molar-refractivity contribution < 1.29 is 9.72 Å². The van der Waals surface area contributed by atoms with E-state index in [4.69, 9.17) is 0 Å². The van der Waals surface area contributed by atoms with Crippen LogP contribution in [0.2, 0.25) is 0 Å². The molecule has 0 saturated carbocycles. The fraction of sp³-hybridized carbons (Fsp3) is 0.650. The van der Waals surface area contributed by atoms with Gasteiger partial charge in [0.2, 0.25) is 5.91 Å². The van der Waals surface area contributed by atoms with Crippen LogP contribution in [-0.2, 0) is 4.79 Å². The third-order valence-corrected chi connectivity index (χ3v) is 5.57. The summed E-state index contributed by atoms with van der Waals surface area (Å²) in [4.78, 5) is 29.4. The van der Waals surface area contributed by atoms with Gasteiger partial charge in [-0.3, -0.25) is 19.8 Å². The molecule has 1 aromatic rings. The van der Waals surface area contributed by atoms with E-state index in [1.807, 2.05) is 4.90 Å². The number of piperidine rings is 1. The Hall–Kier alpha value is -2.19. The number of anilines is 1. The Morgan fingerprint density at radius 1 is 1.11 bits per heavy atom. The normalized spacial score (nSPS) is 19.2. The second-order valence-electron chi connectivity index (χ2n) is 8.01. The van der Waals surface area contributed by atoms with Gasteiger partial charge in [0.1, 0.15) is 0 Å². The van der Waals surface area contributed by atoms with E-state index < -0.39 is 0 Å². The number of hydrogen-bond acceptors (Lipinski definition) is 6. The highest BCUT2D eigenvalue weighted by atomic mass is 16.6. The molecule has 0 aliphatic carbocycles. The molecule has 2 aliphatic rings. The fourth-order valence-corrected chi connectivity index (χ4v) is 4.02. The summed E-state index contributed by atoms with van der Waals surface area (Å²) in [6.07, 6.45) is 2.19. The summed E-state index contributed by atoms with van der Waals surface area (Å²) in [6, 6.07) is 7.70. The first-order chi connectivity index (χ1) is 13.4. The molecule has 0 atom stereocenters. The van der Waals surface area contributed by atoms with Crippen LogP contribution < -0.4 is 10.2 Å². The first-order valence-electron chi connectivity index (χ1n) is 10.2. The zero-order chi connectivity index (χ0) is 20.1. The van der Waals surface area contributed by atoms with Crippen LogP contribution in [0.15, 0.2) is 24.3 Å². The lowest BCUT2D eigenvalue weighted by Gasteiger charge is -2.38. The summed E-state index contributed by atoms with van der Waals surface area (Å²) < 4.78 is 0. The molecule has 8 nitrogen and oxygen atoms in total. The molecule has 2 heterocycles. The van der Waals surface area contributed by atoms with E-state index >= 15 is 0 Å². The number of hydrogen-bond donors (Lipinski definition) is 1. The number of rotatable bonds is 6. The number of nitro benzene ring substituents is 1. The van der Waals surface area contributed by atoms with Crippen molar-refractivity contribution in [2.45, 2.75) is 38.8 Å². The fourth-order valence-electron chi connectivity index (χ4n) is 4.02. The van der Waals surface area contributed by atoms with Gasteiger partial charge in [-0.1, -0.05) is 13.8 Å². The molecule has 0 unspecified atom stereocenters. The number of piperazine rings is 1. The Balaban J connectivity index is 1.42. The summed E-state index contributed by atoms with van der Waals surface area (Å²) in [7, 11) is 0. The van der Waals surface area contributed by atoms with Gasteiger partial charge in [-0.05, 0) is 25.0 Å². The lowest BCUT2D eigenvalue weighted by atomic mass is 10.0. The Labute approximate surface area is 166 Å². The van der Waals surface area contributed by atoms with Gasteiger partial charge in [-0.15, -0.1) is 0 Å². The number of carbonyl (C=O) groups is 1. The van der Waals surface area contributed by atoms with Crippen LogP contribution in [0.4, 0.5) is 11.4 Å². The number of carbonyl (C=O) groups excluding carboxylic acids is 1. The van der Waals surface area contributed by atoms with Crippen molar-refractivity contribution in [3.63, 3.8) is 0 Å². The second kappa shape index (κ2) is 9.34. The van der Waals surface area contributed by atoms with Crippen LogP contribution in [-0.4, -0.2) is 78.5 Å². The number of benzene rings is 1. The molecule has 28 heavy (non-hydrogen) atoms. The van der Waals surface area contributed by atoms with Gasteiger partial charge in [-0.25, -0.2) is 0 Å². The monoisotopic (exact) mass is 389 g/mol. The minimum Gasteiger partial charge on any atom is -0.368 e. The molecule has 2 fully saturated rings. The number of nitrogens with zero attached hydrogens (tertiary/aromatic N) is 4. The largest absolute Gasteiger partial charge is 0.368 e. The number of nitro groups is 1. The molecule has 0 radical (unpaired) electrons. The lowest BCUT2D eigenvalue weighted by molar-refractivity contribution is -0.384. The van der Waals surface area contributed by atoms with E-state index in [1.165, 1.54) is 12.1 Å². The van der Waals surface area contributed by atoms with Crippen molar-refractivity contribution in [2.75, 3.05) is 50.7 Å². The van der Waals surface area contributed by atoms with Gasteiger partial charge in [-0.2, -0.15) is 0 Å². The molecule has 0 bridgehead atoms. The van der Waals surface area contributed by atoms with Crippen LogP contribution >= 0.6 is 0 Å². The van der Waals surface area contributed by atoms with Gasteiger partial charge in [0.15, 0.2) is 0 Å². The molecule has 2 saturated heterocycles. The standard InChI is InChI=1S/C20H31N5O3/c1-16(2)21-17-7-9-22(10-8-17)15-20(26)24-13-11-23(12-14-24)18-3-5-19(6-4-18)25(27)28/h3-6,16-17,21H,7-15H2,1-2H3. The molecule has 8 heteroatoms. The quantitative estimate of drug-likeness (QED) is 0.589. The highest BCUT2D eigenvalue weighted by Gasteiger charge is 2.25. The van der Waals surface area contributed by atoms with E-state index in [9.17, 15) is 14.9 Å². The minimum atomic E-state index is -0.387. The Bertz CT molecular complexity index is 663. The van der Waals surface area contributed by atoms with Crippen molar-refractivity contribution in [1.82, 2.24) is 15.1 Å². The van der Waals surface area contributed by atoms with Gasteiger partial charge in [0, 0.05) is 69.2 Å². The summed E-state index contributed by atoms with van der Waals surface area (Å²) in [6.45, 7) is 9.69.